The molecule has 0 bridgehead atoms. The van der Waals surface area contributed by atoms with Crippen LogP contribution in [-0.2, 0) is 14.3 Å². The molecule has 0 aromatic carbocycles. The van der Waals surface area contributed by atoms with Crippen LogP contribution in [0.1, 0.15) is 13.3 Å². The van der Waals surface area contributed by atoms with Crippen LogP contribution in [0.3, 0.4) is 0 Å². The molecule has 0 N–H and O–H groups in total. The van der Waals surface area contributed by atoms with Gasteiger partial charge in [0.05, 0.1) is 19.3 Å². The van der Waals surface area contributed by atoms with E-state index in [2.05, 4.69) is 22.7 Å². The molecule has 90 valence electrons. The number of Topliss-reactive ketones (excluding diaryl/α,β-unsaturated/α-hetero) is 1. The van der Waals surface area contributed by atoms with Gasteiger partial charge in [0.2, 0.25) is 0 Å². The molecule has 0 aromatic heterocycles. The number of aliphatic imine (C=N–C) groups is 1. The molecule has 0 aliphatic carbocycles. The second kappa shape index (κ2) is 10.1. The van der Waals surface area contributed by atoms with Crippen molar-refractivity contribution in [2.75, 3.05) is 20.3 Å². The Morgan fingerprint density at radius 2 is 2.38 bits per heavy atom. The fourth-order valence-electron chi connectivity index (χ4n) is 0.901. The summed E-state index contributed by atoms with van der Waals surface area (Å²) in [5.74, 6) is -0.0637. The minimum Gasteiger partial charge on any atom is -0.677 e. The number of ketones is 1. The Bertz CT molecular complexity index is 259. The number of hydrogen-bond acceptors (Lipinski definition) is 4. The lowest BCUT2D eigenvalue weighted by molar-refractivity contribution is -0.119. The number of carbonyl (C=O) groups excluding carboxylic acids is 1. The van der Waals surface area contributed by atoms with Crippen molar-refractivity contribution in [3.05, 3.63) is 24.8 Å². The second-order valence-electron chi connectivity index (χ2n) is 3.08. The minimum absolute atomic E-state index is 0.0637. The van der Waals surface area contributed by atoms with Crippen LogP contribution in [0.2, 0.25) is 0 Å². The van der Waals surface area contributed by atoms with Crippen molar-refractivity contribution in [3.8, 4) is 0 Å². The summed E-state index contributed by atoms with van der Waals surface area (Å²) in [7, 11) is 1.43. The summed E-state index contributed by atoms with van der Waals surface area (Å²) in [6.45, 7) is 5.83. The van der Waals surface area contributed by atoms with Gasteiger partial charge < -0.3 is 14.5 Å². The first-order valence-electron chi connectivity index (χ1n) is 5.06. The van der Waals surface area contributed by atoms with E-state index in [0.29, 0.717) is 6.61 Å². The molecule has 4 heteroatoms. The van der Waals surface area contributed by atoms with Gasteiger partial charge in [0.15, 0.2) is 5.78 Å². The standard InChI is InChI=1S/C12H18NO3/c1-4-5-6-7-8-16-9-12(11(2)14)13-10-15-3/h4-6,12H,1,7-9H2,2-3H3/q-1/b6-5+. The lowest BCUT2D eigenvalue weighted by atomic mass is 10.2. The minimum atomic E-state index is -0.525. The maximum atomic E-state index is 11.1. The number of ether oxygens (including phenoxy) is 2. The largest absolute Gasteiger partial charge is 0.677 e. The predicted molar refractivity (Wildman–Crippen MR) is 63.7 cm³/mol. The summed E-state index contributed by atoms with van der Waals surface area (Å²) in [6.07, 6.45) is 8.57. The fraction of sp³-hybridized carbons (Fsp3) is 0.500. The zero-order valence-electron chi connectivity index (χ0n) is 9.81. The molecule has 0 fully saturated rings. The molecule has 0 rings (SSSR count). The molecule has 0 aliphatic heterocycles. The highest BCUT2D eigenvalue weighted by molar-refractivity contribution is 5.82. The van der Waals surface area contributed by atoms with Crippen molar-refractivity contribution in [3.63, 3.8) is 0 Å². The maximum absolute atomic E-state index is 11.1. The van der Waals surface area contributed by atoms with Gasteiger partial charge in [-0.05, 0) is 13.3 Å². The summed E-state index contributed by atoms with van der Waals surface area (Å²) in [5, 5.41) is 0. The van der Waals surface area contributed by atoms with Crippen molar-refractivity contribution in [2.45, 2.75) is 19.4 Å². The van der Waals surface area contributed by atoms with Crippen LogP contribution >= 0.6 is 0 Å². The average molecular weight is 224 g/mol. The van der Waals surface area contributed by atoms with Gasteiger partial charge in [-0.2, -0.15) is 0 Å². The summed E-state index contributed by atoms with van der Waals surface area (Å²) in [6, 6.07) is -0.525. The first-order valence-corrected chi connectivity index (χ1v) is 5.06. The molecule has 0 saturated heterocycles. The van der Waals surface area contributed by atoms with Crippen LogP contribution in [-0.4, -0.2) is 38.5 Å². The molecule has 0 aromatic rings. The van der Waals surface area contributed by atoms with Gasteiger partial charge in [-0.25, -0.2) is 6.40 Å². The van der Waals surface area contributed by atoms with Gasteiger partial charge in [0.1, 0.15) is 0 Å². The number of hydrogen-bond donors (Lipinski definition) is 0. The number of allylic oxidation sites excluding steroid dienone is 2. The Morgan fingerprint density at radius 3 is 2.94 bits per heavy atom. The Morgan fingerprint density at radius 1 is 1.62 bits per heavy atom. The second-order valence-corrected chi connectivity index (χ2v) is 3.08. The highest BCUT2D eigenvalue weighted by Crippen LogP contribution is 1.96. The molecule has 0 amide bonds. The molecule has 0 radical (unpaired) electrons. The van der Waals surface area contributed by atoms with Crippen LogP contribution in [0, 0.1) is 0 Å². The topological polar surface area (TPSA) is 47.9 Å². The van der Waals surface area contributed by atoms with Gasteiger partial charge in [0.25, 0.3) is 0 Å². The fourth-order valence-corrected chi connectivity index (χ4v) is 0.901. The number of rotatable bonds is 9. The van der Waals surface area contributed by atoms with E-state index in [1.807, 2.05) is 12.2 Å². The van der Waals surface area contributed by atoms with Gasteiger partial charge in [-0.1, -0.05) is 24.8 Å². The summed E-state index contributed by atoms with van der Waals surface area (Å²) < 4.78 is 9.84. The third-order valence-electron chi connectivity index (χ3n) is 1.75. The van der Waals surface area contributed by atoms with Crippen LogP contribution in [0.15, 0.2) is 29.8 Å². The maximum Gasteiger partial charge on any atom is 0.153 e. The Labute approximate surface area is 96.7 Å². The third kappa shape index (κ3) is 7.94. The molecular formula is C12H18NO3-. The Balaban J connectivity index is 3.76. The normalized spacial score (nSPS) is 13.1. The molecule has 4 nitrogen and oxygen atoms in total. The van der Waals surface area contributed by atoms with Crippen molar-refractivity contribution in [2.24, 2.45) is 4.99 Å². The van der Waals surface area contributed by atoms with Crippen molar-refractivity contribution in [1.29, 1.82) is 0 Å². The molecular weight excluding hydrogens is 206 g/mol. The lowest BCUT2D eigenvalue weighted by Gasteiger charge is -2.15. The Kier molecular flexibility index (Phi) is 9.21. The van der Waals surface area contributed by atoms with Gasteiger partial charge >= 0.3 is 0 Å². The molecule has 1 unspecified atom stereocenters. The quantitative estimate of drug-likeness (QED) is 0.197. The molecule has 0 heterocycles. The SMILES string of the molecule is C=C/C=C/CCOCC(N=[C-]OC)C(C)=O. The van der Waals surface area contributed by atoms with E-state index in [1.54, 1.807) is 6.08 Å². The van der Waals surface area contributed by atoms with Gasteiger partial charge in [-0.15, -0.1) is 0 Å². The van der Waals surface area contributed by atoms with Crippen LogP contribution in [0.25, 0.3) is 0 Å². The number of carbonyl (C=O) groups is 1. The average Bonchev–Trinajstić information content (AvgIpc) is 2.26. The first-order chi connectivity index (χ1) is 7.72. The van der Waals surface area contributed by atoms with E-state index in [4.69, 9.17) is 4.74 Å². The van der Waals surface area contributed by atoms with E-state index >= 15 is 0 Å². The summed E-state index contributed by atoms with van der Waals surface area (Å²) in [5.41, 5.74) is 0. The van der Waals surface area contributed by atoms with Crippen LogP contribution in [0.4, 0.5) is 0 Å². The van der Waals surface area contributed by atoms with Crippen LogP contribution in [0.5, 0.6) is 0 Å². The molecule has 1 atom stereocenters. The summed E-state index contributed by atoms with van der Waals surface area (Å²) in [4.78, 5) is 14.9. The molecule has 0 saturated carbocycles. The van der Waals surface area contributed by atoms with Gasteiger partial charge in [-0.3, -0.25) is 4.79 Å². The van der Waals surface area contributed by atoms with Crippen molar-refractivity contribution in [1.82, 2.24) is 0 Å². The van der Waals surface area contributed by atoms with Crippen LogP contribution < -0.4 is 0 Å². The molecule has 16 heavy (non-hydrogen) atoms. The predicted octanol–water partition coefficient (Wildman–Crippen LogP) is 1.64. The Hall–Kier alpha value is -1.42. The first kappa shape index (κ1) is 14.6. The smallest absolute Gasteiger partial charge is 0.153 e. The highest BCUT2D eigenvalue weighted by atomic mass is 16.5. The zero-order chi connectivity index (χ0) is 12.2. The molecule has 0 spiro atoms. The van der Waals surface area contributed by atoms with Crippen molar-refractivity contribution < 1.29 is 14.3 Å². The van der Waals surface area contributed by atoms with E-state index < -0.39 is 6.04 Å². The number of methoxy groups -OCH3 is 1. The third-order valence-corrected chi connectivity index (χ3v) is 1.75. The lowest BCUT2D eigenvalue weighted by Crippen LogP contribution is -2.22. The van der Waals surface area contributed by atoms with E-state index in [1.165, 1.54) is 14.0 Å². The summed E-state index contributed by atoms with van der Waals surface area (Å²) >= 11 is 0. The monoisotopic (exact) mass is 224 g/mol. The van der Waals surface area contributed by atoms with E-state index in [-0.39, 0.29) is 12.4 Å². The van der Waals surface area contributed by atoms with E-state index in [0.717, 1.165) is 6.42 Å². The number of nitrogens with zero attached hydrogens (tertiary/aromatic N) is 1. The highest BCUT2D eigenvalue weighted by Gasteiger charge is 2.07. The molecule has 0 aliphatic rings. The van der Waals surface area contributed by atoms with Gasteiger partial charge in [0, 0.05) is 7.11 Å². The van der Waals surface area contributed by atoms with E-state index in [9.17, 15) is 4.79 Å². The zero-order valence-corrected chi connectivity index (χ0v) is 9.81. The van der Waals surface area contributed by atoms with Crippen molar-refractivity contribution >= 4 is 12.2 Å².